The number of halogens is 2. The van der Waals surface area contributed by atoms with E-state index >= 15 is 0 Å². The highest BCUT2D eigenvalue weighted by Crippen LogP contribution is 2.34. The summed E-state index contributed by atoms with van der Waals surface area (Å²) in [6, 6.07) is 13.3. The van der Waals surface area contributed by atoms with Crippen molar-refractivity contribution < 1.29 is 23.0 Å². The zero-order valence-electron chi connectivity index (χ0n) is 24.1. The number of nitrogens with zero attached hydrogens (tertiary/aromatic N) is 6. The minimum absolute atomic E-state index is 0.120. The number of anilines is 3. The molecule has 3 aliphatic rings. The number of ether oxygens (including phenoxy) is 3. The predicted octanol–water partition coefficient (Wildman–Crippen LogP) is 3.45. The molecule has 1 aromatic carbocycles. The van der Waals surface area contributed by atoms with Crippen molar-refractivity contribution >= 4 is 17.3 Å². The molecule has 43 heavy (non-hydrogen) atoms. The molecule has 6 rings (SSSR count). The molecule has 11 nitrogen and oxygen atoms in total. The van der Waals surface area contributed by atoms with Gasteiger partial charge in [0.1, 0.15) is 35.5 Å². The van der Waals surface area contributed by atoms with E-state index in [1.807, 2.05) is 12.1 Å². The van der Waals surface area contributed by atoms with Crippen LogP contribution in [-0.4, -0.2) is 97.0 Å². The van der Waals surface area contributed by atoms with Gasteiger partial charge >= 0.3 is 0 Å². The monoisotopic (exact) mass is 592 g/mol. The van der Waals surface area contributed by atoms with Gasteiger partial charge in [-0.25, -0.2) is 18.7 Å². The van der Waals surface area contributed by atoms with E-state index in [0.29, 0.717) is 47.4 Å². The Morgan fingerprint density at radius 1 is 1.14 bits per heavy atom. The van der Waals surface area contributed by atoms with Crippen LogP contribution in [0, 0.1) is 11.3 Å². The van der Waals surface area contributed by atoms with E-state index in [9.17, 15) is 14.0 Å². The van der Waals surface area contributed by atoms with Crippen LogP contribution in [0.4, 0.5) is 26.1 Å². The van der Waals surface area contributed by atoms with Crippen molar-refractivity contribution in [3.63, 3.8) is 0 Å². The Morgan fingerprint density at radius 3 is 2.72 bits per heavy atom. The lowest BCUT2D eigenvalue weighted by molar-refractivity contribution is -0.109. The van der Waals surface area contributed by atoms with Crippen LogP contribution in [0.1, 0.15) is 18.9 Å². The normalized spacial score (nSPS) is 22.3. The number of pyridine rings is 1. The molecule has 0 amide bonds. The summed E-state index contributed by atoms with van der Waals surface area (Å²) in [5.74, 6) is -1.35. The van der Waals surface area contributed by atoms with Gasteiger partial charge in [-0.3, -0.25) is 4.90 Å². The molecule has 0 saturated carbocycles. The second kappa shape index (κ2) is 12.2. The number of benzene rings is 1. The van der Waals surface area contributed by atoms with Gasteiger partial charge in [0.2, 0.25) is 5.88 Å². The molecule has 0 aliphatic carbocycles. The molecule has 3 aliphatic heterocycles. The number of piperazine rings is 1. The lowest BCUT2D eigenvalue weighted by Gasteiger charge is -2.46. The number of hydrogen-bond donors (Lipinski definition) is 2. The third kappa shape index (κ3) is 6.17. The fourth-order valence-electron chi connectivity index (χ4n) is 5.69. The molecule has 0 spiro atoms. The highest BCUT2D eigenvalue weighted by atomic mass is 19.3. The van der Waals surface area contributed by atoms with Gasteiger partial charge in [-0.1, -0.05) is 0 Å². The molecule has 0 bridgehead atoms. The number of rotatable bonds is 8. The number of hydrogen-bond acceptors (Lipinski definition) is 11. The molecule has 1 unspecified atom stereocenters. The molecule has 3 saturated heterocycles. The summed E-state index contributed by atoms with van der Waals surface area (Å²) in [6.07, 6.45) is 0.253. The second-order valence-electron chi connectivity index (χ2n) is 11.0. The standard InChI is InChI=1S/C30H34F2N8O3/c1-19-14-39(22-15-42-16-22)9-10-40(19)24-4-6-27(38-29(24)41-2)37-28-12-23(35-18-36-28)20-3-5-25(21(11-20)13-33)43-26-7-8-34-17-30(26,31)32/h3-6,11-12,18-19,22,26,34H,7-10,14-17H2,1-2H3,(H,35,36,37,38)/t19-,26?/m0/s1. The van der Waals surface area contributed by atoms with Crippen molar-refractivity contribution in [1.29, 1.82) is 5.26 Å². The number of alkyl halides is 2. The summed E-state index contributed by atoms with van der Waals surface area (Å²) in [6.45, 7) is 6.56. The Bertz CT molecular complexity index is 1500. The van der Waals surface area contributed by atoms with Crippen molar-refractivity contribution in [2.75, 3.05) is 63.3 Å². The first-order chi connectivity index (χ1) is 20.8. The van der Waals surface area contributed by atoms with E-state index in [1.54, 1.807) is 25.3 Å². The van der Waals surface area contributed by atoms with E-state index < -0.39 is 18.6 Å². The second-order valence-corrected chi connectivity index (χ2v) is 11.0. The third-order valence-electron chi connectivity index (χ3n) is 8.14. The largest absolute Gasteiger partial charge is 0.483 e. The first-order valence-electron chi connectivity index (χ1n) is 14.4. The fraction of sp³-hybridized carbons (Fsp3) is 0.467. The van der Waals surface area contributed by atoms with E-state index in [0.717, 1.165) is 38.5 Å². The summed E-state index contributed by atoms with van der Waals surface area (Å²) in [5.41, 5.74) is 2.24. The summed E-state index contributed by atoms with van der Waals surface area (Å²) in [7, 11) is 1.61. The first kappa shape index (κ1) is 29.0. The van der Waals surface area contributed by atoms with Gasteiger partial charge in [0, 0.05) is 43.7 Å². The molecule has 13 heteroatoms. The summed E-state index contributed by atoms with van der Waals surface area (Å²) in [5, 5.41) is 15.6. The lowest BCUT2D eigenvalue weighted by Crippen LogP contribution is -2.59. The Hall–Kier alpha value is -4.12. The zero-order valence-corrected chi connectivity index (χ0v) is 24.1. The Balaban J connectivity index is 1.16. The van der Waals surface area contributed by atoms with Gasteiger partial charge < -0.3 is 29.7 Å². The van der Waals surface area contributed by atoms with Gasteiger partial charge in [-0.15, -0.1) is 0 Å². The van der Waals surface area contributed by atoms with Crippen molar-refractivity contribution in [2.24, 2.45) is 0 Å². The maximum atomic E-state index is 14.3. The molecule has 2 aromatic heterocycles. The van der Waals surface area contributed by atoms with Crippen LogP contribution in [0.5, 0.6) is 11.6 Å². The van der Waals surface area contributed by atoms with Gasteiger partial charge in [0.15, 0.2) is 6.10 Å². The van der Waals surface area contributed by atoms with Gasteiger partial charge in [-0.05, 0) is 43.8 Å². The van der Waals surface area contributed by atoms with Crippen molar-refractivity contribution in [2.45, 2.75) is 37.5 Å². The SMILES string of the molecule is COc1nc(Nc2cc(-c3ccc(OC4CCNCC4(F)F)c(C#N)c3)ncn2)ccc1N1CCN(C2COC2)C[C@@H]1C. The molecular weight excluding hydrogens is 558 g/mol. The van der Waals surface area contributed by atoms with Crippen LogP contribution in [0.2, 0.25) is 0 Å². The van der Waals surface area contributed by atoms with Crippen LogP contribution in [0.15, 0.2) is 42.7 Å². The minimum Gasteiger partial charge on any atom is -0.483 e. The summed E-state index contributed by atoms with van der Waals surface area (Å²) in [4.78, 5) is 18.2. The lowest BCUT2D eigenvalue weighted by atomic mass is 10.0. The first-order valence-corrected chi connectivity index (χ1v) is 14.4. The third-order valence-corrected chi connectivity index (χ3v) is 8.14. The Labute approximate surface area is 248 Å². The molecular formula is C30H34F2N8O3. The number of aromatic nitrogens is 3. The zero-order chi connectivity index (χ0) is 30.0. The number of nitrogens with one attached hydrogen (secondary N) is 2. The number of piperidine rings is 1. The number of methoxy groups -OCH3 is 1. The average molecular weight is 593 g/mol. The van der Waals surface area contributed by atoms with E-state index in [1.165, 1.54) is 12.4 Å². The fourth-order valence-corrected chi connectivity index (χ4v) is 5.69. The molecule has 3 aromatic rings. The molecule has 3 fully saturated rings. The topological polar surface area (TPSA) is 121 Å². The smallest absolute Gasteiger partial charge is 0.296 e. The minimum atomic E-state index is -3.02. The van der Waals surface area contributed by atoms with Crippen molar-refractivity contribution in [3.05, 3.63) is 48.3 Å². The molecule has 5 heterocycles. The number of nitriles is 1. The average Bonchev–Trinajstić information content (AvgIpc) is 2.98. The van der Waals surface area contributed by atoms with Crippen LogP contribution in [0.25, 0.3) is 11.3 Å². The predicted molar refractivity (Wildman–Crippen MR) is 156 cm³/mol. The van der Waals surface area contributed by atoms with E-state index in [-0.39, 0.29) is 17.7 Å². The Morgan fingerprint density at radius 2 is 2.00 bits per heavy atom. The Kier molecular flexibility index (Phi) is 8.25. The highest BCUT2D eigenvalue weighted by molar-refractivity contribution is 5.68. The summed E-state index contributed by atoms with van der Waals surface area (Å²) < 4.78 is 45.2. The van der Waals surface area contributed by atoms with Gasteiger partial charge in [0.25, 0.3) is 5.92 Å². The van der Waals surface area contributed by atoms with E-state index in [4.69, 9.17) is 19.2 Å². The summed E-state index contributed by atoms with van der Waals surface area (Å²) >= 11 is 0. The van der Waals surface area contributed by atoms with Gasteiger partial charge in [-0.2, -0.15) is 10.2 Å². The van der Waals surface area contributed by atoms with Gasteiger partial charge in [0.05, 0.1) is 44.2 Å². The molecule has 0 radical (unpaired) electrons. The highest BCUT2D eigenvalue weighted by Gasteiger charge is 2.43. The van der Waals surface area contributed by atoms with Crippen molar-refractivity contribution in [1.82, 2.24) is 25.2 Å². The van der Waals surface area contributed by atoms with Crippen molar-refractivity contribution in [3.8, 4) is 29.0 Å². The molecule has 2 N–H and O–H groups in total. The van der Waals surface area contributed by atoms with Crippen LogP contribution < -0.4 is 25.0 Å². The molecule has 226 valence electrons. The van der Waals surface area contributed by atoms with Crippen LogP contribution in [-0.2, 0) is 4.74 Å². The quantitative estimate of drug-likeness (QED) is 0.400. The molecule has 2 atom stereocenters. The maximum absolute atomic E-state index is 14.3. The van der Waals surface area contributed by atoms with Crippen LogP contribution in [0.3, 0.4) is 0 Å². The maximum Gasteiger partial charge on any atom is 0.296 e. The van der Waals surface area contributed by atoms with Crippen LogP contribution >= 0.6 is 0 Å². The van der Waals surface area contributed by atoms with E-state index in [2.05, 4.69) is 43.4 Å².